The van der Waals surface area contributed by atoms with Gasteiger partial charge < -0.3 is 28.3 Å². The van der Waals surface area contributed by atoms with E-state index in [9.17, 15) is 14.4 Å². The Balaban J connectivity index is 1.61. The van der Waals surface area contributed by atoms with Crippen molar-refractivity contribution < 1.29 is 28.2 Å². The average molecular weight is 447 g/mol. The molecule has 0 saturated heterocycles. The highest BCUT2D eigenvalue weighted by molar-refractivity contribution is 5.89. The Labute approximate surface area is 185 Å². The van der Waals surface area contributed by atoms with Gasteiger partial charge in [-0.25, -0.2) is 9.59 Å². The number of hydrogen-bond donors (Lipinski definition) is 1. The van der Waals surface area contributed by atoms with Crippen molar-refractivity contribution in [2.24, 2.45) is 0 Å². The predicted molar refractivity (Wildman–Crippen MR) is 116 cm³/mol. The molecule has 0 amide bonds. The first-order valence-corrected chi connectivity index (χ1v) is 10.4. The monoisotopic (exact) mass is 447 g/mol. The molecule has 4 aromatic rings. The number of nitrogens with one attached hydrogen (secondary N) is 1. The Morgan fingerprint density at radius 2 is 1.91 bits per heavy atom. The van der Waals surface area contributed by atoms with Crippen molar-refractivity contribution >= 4 is 27.8 Å². The molecule has 0 unspecified atom stereocenters. The van der Waals surface area contributed by atoms with Crippen LogP contribution in [0.1, 0.15) is 24.0 Å². The Bertz CT molecular complexity index is 1570. The van der Waals surface area contributed by atoms with Crippen LogP contribution in [0.3, 0.4) is 0 Å². The molecule has 9 heteroatoms. The minimum absolute atomic E-state index is 0.0889. The van der Waals surface area contributed by atoms with Crippen LogP contribution in [0, 0.1) is 0 Å². The fourth-order valence-electron chi connectivity index (χ4n) is 4.45. The van der Waals surface area contributed by atoms with Gasteiger partial charge in [-0.05, 0) is 31.2 Å². The van der Waals surface area contributed by atoms with Crippen LogP contribution in [0.2, 0.25) is 0 Å². The van der Waals surface area contributed by atoms with Crippen molar-refractivity contribution in [3.05, 3.63) is 74.4 Å². The van der Waals surface area contributed by atoms with Gasteiger partial charge in [-0.1, -0.05) is 12.1 Å². The fourth-order valence-corrected chi connectivity index (χ4v) is 4.45. The second-order valence-corrected chi connectivity index (χ2v) is 7.74. The number of carbonyl (C=O) groups is 1. The van der Waals surface area contributed by atoms with E-state index in [0.29, 0.717) is 33.4 Å². The molecule has 9 nitrogen and oxygen atoms in total. The van der Waals surface area contributed by atoms with Gasteiger partial charge in [-0.2, -0.15) is 0 Å². The second kappa shape index (κ2) is 7.13. The number of aromatic nitrogens is 1. The number of carbonyl (C=O) groups excluding carboxylic acids is 1. The summed E-state index contributed by atoms with van der Waals surface area (Å²) in [5, 5.41) is 1.18. The zero-order valence-electron chi connectivity index (χ0n) is 17.4. The van der Waals surface area contributed by atoms with Gasteiger partial charge in [0.2, 0.25) is 12.9 Å². The first-order chi connectivity index (χ1) is 16.0. The molecule has 2 aromatic heterocycles. The molecule has 0 aliphatic carbocycles. The topological polar surface area (TPSA) is 117 Å². The largest absolute Gasteiger partial charge is 0.476 e. The summed E-state index contributed by atoms with van der Waals surface area (Å²) in [6.45, 7) is 1.88. The molecule has 0 saturated carbocycles. The van der Waals surface area contributed by atoms with Gasteiger partial charge in [-0.15, -0.1) is 0 Å². The van der Waals surface area contributed by atoms with Crippen LogP contribution < -0.4 is 25.4 Å². The van der Waals surface area contributed by atoms with Gasteiger partial charge in [0.15, 0.2) is 11.5 Å². The van der Waals surface area contributed by atoms with Crippen molar-refractivity contribution in [2.75, 3.05) is 13.4 Å². The molecule has 1 N–H and O–H groups in total. The lowest BCUT2D eigenvalue weighted by Gasteiger charge is -2.17. The minimum atomic E-state index is -1.22. The summed E-state index contributed by atoms with van der Waals surface area (Å²) < 4.78 is 27.5. The summed E-state index contributed by atoms with van der Waals surface area (Å²) in [5.74, 6) is -0.408. The zero-order chi connectivity index (χ0) is 22.7. The van der Waals surface area contributed by atoms with Crippen molar-refractivity contribution in [1.82, 2.24) is 4.98 Å². The maximum Gasteiger partial charge on any atom is 0.348 e. The maximum absolute atomic E-state index is 13.2. The van der Waals surface area contributed by atoms with Crippen LogP contribution in [0.15, 0.2) is 56.5 Å². The first-order valence-electron chi connectivity index (χ1n) is 10.4. The molecule has 2 aliphatic rings. The molecule has 0 radical (unpaired) electrons. The number of hydrogen-bond acceptors (Lipinski definition) is 8. The second-order valence-electron chi connectivity index (χ2n) is 7.74. The standard InChI is InChI=1S/C24H17NO8/c1-2-29-24(28)21-18(19-20(33-21)12-5-3-4-6-15(12)32-23(19)27)13-7-11-8-16-17(31-10-30-16)9-14(11)25-22(13)26/h3-9,18,21H,2,10H2,1H3,(H,25,26)/t18-,21+/m1/s1. The molecule has 33 heavy (non-hydrogen) atoms. The lowest BCUT2D eigenvalue weighted by molar-refractivity contribution is -0.151. The van der Waals surface area contributed by atoms with E-state index < -0.39 is 29.2 Å². The molecule has 0 fully saturated rings. The Morgan fingerprint density at radius 1 is 1.12 bits per heavy atom. The van der Waals surface area contributed by atoms with E-state index in [4.69, 9.17) is 23.4 Å². The summed E-state index contributed by atoms with van der Waals surface area (Å²) in [5.41, 5.74) is 0.00320. The highest BCUT2D eigenvalue weighted by atomic mass is 16.7. The fraction of sp³-hybridized carbons (Fsp3) is 0.208. The van der Waals surface area contributed by atoms with Gasteiger partial charge in [-0.3, -0.25) is 4.79 Å². The summed E-state index contributed by atoms with van der Waals surface area (Å²) in [6, 6.07) is 11.9. The highest BCUT2D eigenvalue weighted by Crippen LogP contribution is 2.44. The van der Waals surface area contributed by atoms with Crippen LogP contribution in [-0.2, 0) is 9.53 Å². The smallest absolute Gasteiger partial charge is 0.348 e. The molecule has 0 bridgehead atoms. The molecule has 2 aliphatic heterocycles. The average Bonchev–Trinajstić information content (AvgIpc) is 3.42. The Kier molecular flexibility index (Phi) is 4.19. The Hall–Kier alpha value is -4.27. The third-order valence-electron chi connectivity index (χ3n) is 5.88. The van der Waals surface area contributed by atoms with Crippen molar-refractivity contribution in [1.29, 1.82) is 0 Å². The van der Waals surface area contributed by atoms with E-state index in [0.717, 1.165) is 0 Å². The zero-order valence-corrected chi connectivity index (χ0v) is 17.4. The number of aromatic amines is 1. The quantitative estimate of drug-likeness (QED) is 0.376. The molecule has 6 rings (SSSR count). The lowest BCUT2D eigenvalue weighted by atomic mass is 9.88. The van der Waals surface area contributed by atoms with Crippen LogP contribution in [0.5, 0.6) is 17.2 Å². The number of rotatable bonds is 3. The van der Waals surface area contributed by atoms with Crippen molar-refractivity contribution in [2.45, 2.75) is 18.9 Å². The van der Waals surface area contributed by atoms with Gasteiger partial charge >= 0.3 is 11.6 Å². The van der Waals surface area contributed by atoms with E-state index in [-0.39, 0.29) is 30.3 Å². The lowest BCUT2D eigenvalue weighted by Crippen LogP contribution is -2.35. The highest BCUT2D eigenvalue weighted by Gasteiger charge is 2.46. The summed E-state index contributed by atoms with van der Waals surface area (Å²) in [7, 11) is 0. The first kappa shape index (κ1) is 19.4. The number of pyridine rings is 1. The Morgan fingerprint density at radius 3 is 2.73 bits per heavy atom. The summed E-state index contributed by atoms with van der Waals surface area (Å²) in [6.07, 6.45) is -1.22. The van der Waals surface area contributed by atoms with Crippen LogP contribution in [0.25, 0.3) is 21.9 Å². The van der Waals surface area contributed by atoms with E-state index in [1.807, 2.05) is 0 Å². The van der Waals surface area contributed by atoms with Crippen molar-refractivity contribution in [3.63, 3.8) is 0 Å². The SMILES string of the molecule is CCOC(=O)[C@H]1Oc2c(c(=O)oc3ccccc23)[C@H]1c1cc2cc3c(cc2[nH]c1=O)OCO3. The van der Waals surface area contributed by atoms with E-state index >= 15 is 0 Å². The van der Waals surface area contributed by atoms with Crippen LogP contribution >= 0.6 is 0 Å². The van der Waals surface area contributed by atoms with Gasteiger partial charge in [0.1, 0.15) is 11.3 Å². The number of fused-ring (bicyclic) bond motifs is 5. The normalized spacial score (nSPS) is 18.3. The molecule has 2 atom stereocenters. The summed E-state index contributed by atoms with van der Waals surface area (Å²) >= 11 is 0. The third kappa shape index (κ3) is 2.89. The van der Waals surface area contributed by atoms with Crippen LogP contribution in [-0.4, -0.2) is 30.5 Å². The number of H-pyrrole nitrogens is 1. The number of esters is 1. The van der Waals surface area contributed by atoms with E-state index in [1.165, 1.54) is 0 Å². The van der Waals surface area contributed by atoms with Crippen molar-refractivity contribution in [3.8, 4) is 17.2 Å². The minimum Gasteiger partial charge on any atom is -0.476 e. The van der Waals surface area contributed by atoms with Gasteiger partial charge in [0.05, 0.1) is 29.0 Å². The number of para-hydroxylation sites is 1. The number of benzene rings is 2. The molecule has 2 aromatic carbocycles. The maximum atomic E-state index is 13.2. The summed E-state index contributed by atoms with van der Waals surface area (Å²) in [4.78, 5) is 41.8. The molecule has 4 heterocycles. The van der Waals surface area contributed by atoms with Crippen LogP contribution in [0.4, 0.5) is 0 Å². The molecule has 0 spiro atoms. The number of ether oxygens (including phenoxy) is 4. The van der Waals surface area contributed by atoms with E-state index in [1.54, 1.807) is 49.4 Å². The van der Waals surface area contributed by atoms with Gasteiger partial charge in [0.25, 0.3) is 5.56 Å². The molecular weight excluding hydrogens is 430 g/mol. The van der Waals surface area contributed by atoms with E-state index in [2.05, 4.69) is 4.98 Å². The molecular formula is C24H17NO8. The third-order valence-corrected chi connectivity index (χ3v) is 5.88. The van der Waals surface area contributed by atoms with Gasteiger partial charge in [0, 0.05) is 17.0 Å². The predicted octanol–water partition coefficient (Wildman–Crippen LogP) is 2.82. The molecule has 166 valence electrons.